The number of hydrogen-bond acceptors (Lipinski definition) is 1. The predicted molar refractivity (Wildman–Crippen MR) is 67.7 cm³/mol. The average molecular weight is 232 g/mol. The number of benzene rings is 1. The largest absolute Gasteiger partial charge is 0.265 e. The number of nitrogens with zero attached hydrogens (tertiary/aromatic N) is 1. The van der Waals surface area contributed by atoms with Crippen LogP contribution in [0.2, 0.25) is 5.02 Å². The van der Waals surface area contributed by atoms with E-state index in [4.69, 9.17) is 11.6 Å². The van der Waals surface area contributed by atoms with Crippen molar-refractivity contribution in [2.45, 2.75) is 19.3 Å². The van der Waals surface area contributed by atoms with E-state index in [0.29, 0.717) is 0 Å². The first-order valence-electron chi connectivity index (χ1n) is 5.48. The molecule has 0 spiro atoms. The van der Waals surface area contributed by atoms with Crippen LogP contribution in [0.3, 0.4) is 0 Å². The van der Waals surface area contributed by atoms with Gasteiger partial charge in [-0.05, 0) is 54.7 Å². The van der Waals surface area contributed by atoms with Crippen LogP contribution >= 0.6 is 11.6 Å². The molecule has 0 saturated heterocycles. The van der Waals surface area contributed by atoms with Gasteiger partial charge in [-0.25, -0.2) is 0 Å². The Balaban J connectivity index is 1.85. The van der Waals surface area contributed by atoms with Gasteiger partial charge < -0.3 is 0 Å². The molecule has 1 aromatic heterocycles. The highest BCUT2D eigenvalue weighted by molar-refractivity contribution is 6.30. The van der Waals surface area contributed by atoms with Gasteiger partial charge >= 0.3 is 0 Å². The van der Waals surface area contributed by atoms with Crippen LogP contribution in [0, 0.1) is 0 Å². The van der Waals surface area contributed by atoms with Gasteiger partial charge in [-0.1, -0.05) is 23.7 Å². The molecule has 16 heavy (non-hydrogen) atoms. The number of aryl methyl sites for hydroxylation is 2. The first-order chi connectivity index (χ1) is 7.84. The van der Waals surface area contributed by atoms with E-state index >= 15 is 0 Å². The van der Waals surface area contributed by atoms with Crippen molar-refractivity contribution in [3.63, 3.8) is 0 Å². The Morgan fingerprint density at radius 1 is 0.938 bits per heavy atom. The lowest BCUT2D eigenvalue weighted by atomic mass is 10.1. The van der Waals surface area contributed by atoms with Gasteiger partial charge in [0, 0.05) is 17.4 Å². The first kappa shape index (κ1) is 11.2. The molecule has 2 rings (SSSR count). The van der Waals surface area contributed by atoms with Crippen LogP contribution < -0.4 is 0 Å². The number of halogens is 1. The van der Waals surface area contributed by atoms with E-state index in [1.165, 1.54) is 11.1 Å². The third-order valence-electron chi connectivity index (χ3n) is 2.57. The van der Waals surface area contributed by atoms with Crippen LogP contribution in [0.15, 0.2) is 48.8 Å². The summed E-state index contributed by atoms with van der Waals surface area (Å²) in [7, 11) is 0. The molecule has 2 aromatic rings. The lowest BCUT2D eigenvalue weighted by Crippen LogP contribution is -1.90. The maximum atomic E-state index is 5.93. The number of pyridine rings is 1. The smallest absolute Gasteiger partial charge is 0.0408 e. The fourth-order valence-corrected chi connectivity index (χ4v) is 1.95. The van der Waals surface area contributed by atoms with Crippen LogP contribution in [0.1, 0.15) is 17.5 Å². The van der Waals surface area contributed by atoms with Crippen molar-refractivity contribution in [3.8, 4) is 0 Å². The maximum Gasteiger partial charge on any atom is 0.0408 e. The van der Waals surface area contributed by atoms with Gasteiger partial charge in [-0.3, -0.25) is 4.98 Å². The normalized spacial score (nSPS) is 10.3. The third-order valence-corrected chi connectivity index (χ3v) is 2.80. The van der Waals surface area contributed by atoms with Crippen molar-refractivity contribution in [2.75, 3.05) is 0 Å². The lowest BCUT2D eigenvalue weighted by Gasteiger charge is -2.02. The molecule has 0 fully saturated rings. The van der Waals surface area contributed by atoms with Crippen LogP contribution in [0.25, 0.3) is 0 Å². The standard InChI is InChI=1S/C14H14ClN/c15-14-6-2-5-13(11-14)4-1-3-12-7-9-16-10-8-12/h2,5-11H,1,3-4H2. The molecule has 0 aliphatic heterocycles. The van der Waals surface area contributed by atoms with Crippen LogP contribution in [-0.2, 0) is 12.8 Å². The Labute approximate surface area is 101 Å². The molecule has 0 aliphatic rings. The molecule has 1 aromatic carbocycles. The molecule has 82 valence electrons. The highest BCUT2D eigenvalue weighted by Gasteiger charge is 1.96. The van der Waals surface area contributed by atoms with Gasteiger partial charge in [-0.2, -0.15) is 0 Å². The molecule has 0 saturated carbocycles. The van der Waals surface area contributed by atoms with Gasteiger partial charge in [0.25, 0.3) is 0 Å². The minimum Gasteiger partial charge on any atom is -0.265 e. The van der Waals surface area contributed by atoms with E-state index in [2.05, 4.69) is 23.2 Å². The maximum absolute atomic E-state index is 5.93. The summed E-state index contributed by atoms with van der Waals surface area (Å²) in [5.41, 5.74) is 2.65. The van der Waals surface area contributed by atoms with E-state index in [1.807, 2.05) is 30.6 Å². The van der Waals surface area contributed by atoms with Crippen LogP contribution in [0.5, 0.6) is 0 Å². The van der Waals surface area contributed by atoms with Crippen molar-refractivity contribution in [3.05, 3.63) is 64.9 Å². The van der Waals surface area contributed by atoms with E-state index in [-0.39, 0.29) is 0 Å². The van der Waals surface area contributed by atoms with Crippen molar-refractivity contribution < 1.29 is 0 Å². The molecular weight excluding hydrogens is 218 g/mol. The fraction of sp³-hybridized carbons (Fsp3) is 0.214. The second kappa shape index (κ2) is 5.66. The summed E-state index contributed by atoms with van der Waals surface area (Å²) in [6, 6.07) is 12.2. The van der Waals surface area contributed by atoms with Crippen LogP contribution in [-0.4, -0.2) is 4.98 Å². The van der Waals surface area contributed by atoms with Crippen molar-refractivity contribution in [1.29, 1.82) is 0 Å². The third kappa shape index (κ3) is 3.35. The Morgan fingerprint density at radius 3 is 2.44 bits per heavy atom. The summed E-state index contributed by atoms with van der Waals surface area (Å²) in [5, 5.41) is 0.821. The molecule has 0 atom stereocenters. The van der Waals surface area contributed by atoms with Gasteiger partial charge in [0.15, 0.2) is 0 Å². The number of hydrogen-bond donors (Lipinski definition) is 0. The molecule has 0 unspecified atom stereocenters. The Hall–Kier alpha value is -1.34. The second-order valence-electron chi connectivity index (χ2n) is 3.84. The Bertz CT molecular complexity index is 439. The molecule has 0 bridgehead atoms. The summed E-state index contributed by atoms with van der Waals surface area (Å²) in [4.78, 5) is 4.01. The minimum absolute atomic E-state index is 0.821. The van der Waals surface area contributed by atoms with Crippen LogP contribution in [0.4, 0.5) is 0 Å². The zero-order valence-electron chi connectivity index (χ0n) is 9.07. The summed E-state index contributed by atoms with van der Waals surface area (Å²) < 4.78 is 0. The summed E-state index contributed by atoms with van der Waals surface area (Å²) in [6.07, 6.45) is 6.99. The van der Waals surface area contributed by atoms with E-state index < -0.39 is 0 Å². The average Bonchev–Trinajstić information content (AvgIpc) is 2.30. The molecule has 0 aliphatic carbocycles. The Kier molecular flexibility index (Phi) is 3.95. The zero-order chi connectivity index (χ0) is 11.2. The molecule has 0 amide bonds. The SMILES string of the molecule is Clc1cccc(CCCc2ccncc2)c1. The van der Waals surface area contributed by atoms with Gasteiger partial charge in [0.05, 0.1) is 0 Å². The second-order valence-corrected chi connectivity index (χ2v) is 4.28. The lowest BCUT2D eigenvalue weighted by molar-refractivity contribution is 0.819. The van der Waals surface area contributed by atoms with E-state index in [1.54, 1.807) is 0 Å². The molecular formula is C14H14ClN. The minimum atomic E-state index is 0.821. The Morgan fingerprint density at radius 2 is 1.69 bits per heavy atom. The number of aromatic nitrogens is 1. The highest BCUT2D eigenvalue weighted by atomic mass is 35.5. The van der Waals surface area contributed by atoms with Crippen molar-refractivity contribution in [2.24, 2.45) is 0 Å². The first-order valence-corrected chi connectivity index (χ1v) is 5.86. The van der Waals surface area contributed by atoms with E-state index in [0.717, 1.165) is 24.3 Å². The zero-order valence-corrected chi connectivity index (χ0v) is 9.82. The monoisotopic (exact) mass is 231 g/mol. The van der Waals surface area contributed by atoms with Crippen molar-refractivity contribution >= 4 is 11.6 Å². The quantitative estimate of drug-likeness (QED) is 0.778. The van der Waals surface area contributed by atoms with Gasteiger partial charge in [0.2, 0.25) is 0 Å². The van der Waals surface area contributed by atoms with Gasteiger partial charge in [0.1, 0.15) is 0 Å². The molecule has 0 N–H and O–H groups in total. The summed E-state index contributed by atoms with van der Waals surface area (Å²) in [5.74, 6) is 0. The van der Waals surface area contributed by atoms with Crippen molar-refractivity contribution in [1.82, 2.24) is 4.98 Å². The van der Waals surface area contributed by atoms with Gasteiger partial charge in [-0.15, -0.1) is 0 Å². The molecule has 2 heteroatoms. The predicted octanol–water partition coefficient (Wildman–Crippen LogP) is 3.91. The molecule has 1 nitrogen and oxygen atoms in total. The fourth-order valence-electron chi connectivity index (χ4n) is 1.74. The summed E-state index contributed by atoms with van der Waals surface area (Å²) >= 11 is 5.93. The molecule has 0 radical (unpaired) electrons. The summed E-state index contributed by atoms with van der Waals surface area (Å²) in [6.45, 7) is 0. The molecule has 1 heterocycles. The topological polar surface area (TPSA) is 12.9 Å². The highest BCUT2D eigenvalue weighted by Crippen LogP contribution is 2.13. The van der Waals surface area contributed by atoms with E-state index in [9.17, 15) is 0 Å². The number of rotatable bonds is 4.